The Labute approximate surface area is 186 Å². The van der Waals surface area contributed by atoms with Crippen molar-refractivity contribution >= 4 is 12.0 Å². The van der Waals surface area contributed by atoms with E-state index in [0.717, 1.165) is 50.1 Å². The molecule has 1 aliphatic heterocycles. The molecule has 7 heteroatoms. The number of rotatable bonds is 8. The summed E-state index contributed by atoms with van der Waals surface area (Å²) >= 11 is 0. The van der Waals surface area contributed by atoms with Gasteiger partial charge in [-0.15, -0.1) is 0 Å². The van der Waals surface area contributed by atoms with Gasteiger partial charge in [0.25, 0.3) is 5.91 Å². The van der Waals surface area contributed by atoms with Crippen LogP contribution in [0.3, 0.4) is 0 Å². The lowest BCUT2D eigenvalue weighted by Crippen LogP contribution is -2.41. The molecule has 0 aromatic heterocycles. The highest BCUT2D eigenvalue weighted by atomic mass is 16.6. The third kappa shape index (κ3) is 8.40. The normalized spacial score (nSPS) is 16.0. The summed E-state index contributed by atoms with van der Waals surface area (Å²) in [5.41, 5.74) is 0.975. The number of aliphatic hydroxyl groups excluding tert-OH is 1. The molecule has 2 N–H and O–H groups in total. The van der Waals surface area contributed by atoms with Crippen molar-refractivity contribution in [3.63, 3.8) is 0 Å². The molecule has 174 valence electrons. The molecule has 0 bridgehead atoms. The van der Waals surface area contributed by atoms with E-state index in [9.17, 15) is 9.59 Å². The molecule has 0 saturated carbocycles. The number of nitrogens with one attached hydrogen (secondary N) is 1. The van der Waals surface area contributed by atoms with E-state index in [4.69, 9.17) is 14.6 Å². The van der Waals surface area contributed by atoms with Crippen molar-refractivity contribution in [2.45, 2.75) is 71.9 Å². The molecule has 1 aromatic carbocycles. The third-order valence-corrected chi connectivity index (χ3v) is 5.39. The minimum absolute atomic E-state index is 0.0913. The summed E-state index contributed by atoms with van der Waals surface area (Å²) in [7, 11) is 0. The van der Waals surface area contributed by atoms with Crippen molar-refractivity contribution in [1.82, 2.24) is 10.2 Å². The van der Waals surface area contributed by atoms with Crippen LogP contribution in [0.25, 0.3) is 0 Å². The molecule has 1 aromatic rings. The molecule has 0 radical (unpaired) electrons. The number of aryl methyl sites for hydroxylation is 1. The van der Waals surface area contributed by atoms with Crippen LogP contribution in [0.2, 0.25) is 0 Å². The zero-order chi connectivity index (χ0) is 23.0. The Morgan fingerprint density at radius 1 is 1.26 bits per heavy atom. The number of hydrogen-bond donors (Lipinski definition) is 2. The molecular weight excluding hydrogens is 396 g/mol. The summed E-state index contributed by atoms with van der Waals surface area (Å²) in [5, 5.41) is 11.8. The Bertz CT molecular complexity index is 736. The van der Waals surface area contributed by atoms with E-state index < -0.39 is 5.60 Å². The Balaban J connectivity index is 1.70. The van der Waals surface area contributed by atoms with Gasteiger partial charge in [0.1, 0.15) is 11.4 Å². The van der Waals surface area contributed by atoms with Gasteiger partial charge in [0, 0.05) is 24.7 Å². The highest BCUT2D eigenvalue weighted by Gasteiger charge is 2.26. The second-order valence-corrected chi connectivity index (χ2v) is 9.44. The number of aliphatic hydroxyl groups is 1. The van der Waals surface area contributed by atoms with Crippen molar-refractivity contribution in [3.05, 3.63) is 29.3 Å². The molecule has 7 nitrogen and oxygen atoms in total. The van der Waals surface area contributed by atoms with E-state index >= 15 is 0 Å². The summed E-state index contributed by atoms with van der Waals surface area (Å²) in [6.07, 6.45) is 3.79. The van der Waals surface area contributed by atoms with E-state index in [1.165, 1.54) is 0 Å². The fourth-order valence-corrected chi connectivity index (χ4v) is 3.62. The topological polar surface area (TPSA) is 88.1 Å². The van der Waals surface area contributed by atoms with Crippen LogP contribution in [-0.4, -0.2) is 60.0 Å². The standard InChI is InChI=1S/C24H38N2O5/c1-17-15-20(8-9-21(17)22(28)25-18(2)16-27)30-14-6-7-19-10-12-26(13-11-19)23(29)31-24(3,4)5/h8-9,15,18-19,27H,6-7,10-14,16H2,1-5H3,(H,25,28). The zero-order valence-corrected chi connectivity index (χ0v) is 19.6. The lowest BCUT2D eigenvalue weighted by atomic mass is 9.92. The molecule has 2 rings (SSSR count). The molecule has 1 heterocycles. The van der Waals surface area contributed by atoms with Crippen LogP contribution in [0.1, 0.15) is 69.3 Å². The van der Waals surface area contributed by atoms with Crippen LogP contribution >= 0.6 is 0 Å². The number of piperidine rings is 1. The van der Waals surface area contributed by atoms with Crippen molar-refractivity contribution in [2.24, 2.45) is 5.92 Å². The number of ether oxygens (including phenoxy) is 2. The first-order valence-corrected chi connectivity index (χ1v) is 11.2. The van der Waals surface area contributed by atoms with Crippen LogP contribution in [-0.2, 0) is 4.74 Å². The smallest absolute Gasteiger partial charge is 0.410 e. The Morgan fingerprint density at radius 3 is 2.52 bits per heavy atom. The highest BCUT2D eigenvalue weighted by molar-refractivity contribution is 5.95. The first-order valence-electron chi connectivity index (χ1n) is 11.2. The maximum Gasteiger partial charge on any atom is 0.410 e. The van der Waals surface area contributed by atoms with E-state index in [2.05, 4.69) is 5.32 Å². The van der Waals surface area contributed by atoms with Gasteiger partial charge in [-0.3, -0.25) is 4.79 Å². The van der Waals surface area contributed by atoms with Gasteiger partial charge in [0.15, 0.2) is 0 Å². The largest absolute Gasteiger partial charge is 0.494 e. The number of hydrogen-bond acceptors (Lipinski definition) is 5. The van der Waals surface area contributed by atoms with Crippen LogP contribution in [0.4, 0.5) is 4.79 Å². The fraction of sp³-hybridized carbons (Fsp3) is 0.667. The quantitative estimate of drug-likeness (QED) is 0.606. The number of nitrogens with zero attached hydrogens (tertiary/aromatic N) is 1. The Morgan fingerprint density at radius 2 is 1.94 bits per heavy atom. The zero-order valence-electron chi connectivity index (χ0n) is 19.6. The summed E-state index contributed by atoms with van der Waals surface area (Å²) < 4.78 is 11.3. The molecule has 31 heavy (non-hydrogen) atoms. The van der Waals surface area contributed by atoms with Crippen LogP contribution in [0.5, 0.6) is 5.75 Å². The van der Waals surface area contributed by atoms with E-state index in [-0.39, 0.29) is 24.6 Å². The van der Waals surface area contributed by atoms with Gasteiger partial charge >= 0.3 is 6.09 Å². The molecular formula is C24H38N2O5. The Hall–Kier alpha value is -2.28. The predicted molar refractivity (Wildman–Crippen MR) is 120 cm³/mol. The van der Waals surface area contributed by atoms with Gasteiger partial charge in [-0.2, -0.15) is 0 Å². The second kappa shape index (κ2) is 11.4. The van der Waals surface area contributed by atoms with Crippen molar-refractivity contribution in [3.8, 4) is 5.75 Å². The van der Waals surface area contributed by atoms with Crippen molar-refractivity contribution in [2.75, 3.05) is 26.3 Å². The van der Waals surface area contributed by atoms with Gasteiger partial charge in [-0.05, 0) is 90.0 Å². The van der Waals surface area contributed by atoms with Gasteiger partial charge in [0.2, 0.25) is 0 Å². The summed E-state index contributed by atoms with van der Waals surface area (Å²) in [4.78, 5) is 26.2. The minimum atomic E-state index is -0.455. The number of benzene rings is 1. The first kappa shape index (κ1) is 25.0. The third-order valence-electron chi connectivity index (χ3n) is 5.39. The molecule has 1 fully saturated rings. The average molecular weight is 435 g/mol. The maximum atomic E-state index is 12.2. The van der Waals surface area contributed by atoms with Crippen molar-refractivity contribution < 1.29 is 24.2 Å². The highest BCUT2D eigenvalue weighted by Crippen LogP contribution is 2.24. The van der Waals surface area contributed by atoms with E-state index in [1.54, 1.807) is 17.9 Å². The summed E-state index contributed by atoms with van der Waals surface area (Å²) in [6, 6.07) is 5.16. The molecule has 1 unspecified atom stereocenters. The first-order chi connectivity index (χ1) is 14.6. The SMILES string of the molecule is Cc1cc(OCCCC2CCN(C(=O)OC(C)(C)C)CC2)ccc1C(=O)NC(C)CO. The number of carbonyl (C=O) groups is 2. The van der Waals surface area contributed by atoms with E-state index in [1.807, 2.05) is 39.8 Å². The molecule has 2 amide bonds. The summed E-state index contributed by atoms with van der Waals surface area (Å²) in [5.74, 6) is 1.16. The summed E-state index contributed by atoms with van der Waals surface area (Å²) in [6.45, 7) is 11.3. The van der Waals surface area contributed by atoms with Gasteiger partial charge in [-0.1, -0.05) is 0 Å². The van der Waals surface area contributed by atoms with Gasteiger partial charge in [0.05, 0.1) is 13.2 Å². The maximum absolute atomic E-state index is 12.2. The lowest BCUT2D eigenvalue weighted by molar-refractivity contribution is 0.0179. The van der Waals surface area contributed by atoms with Gasteiger partial charge in [-0.25, -0.2) is 4.79 Å². The number of likely N-dealkylation sites (tertiary alicyclic amines) is 1. The van der Waals surface area contributed by atoms with Crippen LogP contribution in [0, 0.1) is 12.8 Å². The monoisotopic (exact) mass is 434 g/mol. The minimum Gasteiger partial charge on any atom is -0.494 e. The number of carbonyl (C=O) groups excluding carboxylic acids is 2. The molecule has 1 saturated heterocycles. The van der Waals surface area contributed by atoms with Gasteiger partial charge < -0.3 is 24.8 Å². The average Bonchev–Trinajstić information content (AvgIpc) is 2.70. The molecule has 1 atom stereocenters. The molecule has 0 spiro atoms. The predicted octanol–water partition coefficient (Wildman–Crippen LogP) is 3.91. The Kier molecular flexibility index (Phi) is 9.16. The molecule has 0 aliphatic carbocycles. The van der Waals surface area contributed by atoms with Crippen LogP contribution in [0.15, 0.2) is 18.2 Å². The second-order valence-electron chi connectivity index (χ2n) is 9.44. The van der Waals surface area contributed by atoms with Crippen LogP contribution < -0.4 is 10.1 Å². The lowest BCUT2D eigenvalue weighted by Gasteiger charge is -2.33. The van der Waals surface area contributed by atoms with Crippen molar-refractivity contribution in [1.29, 1.82) is 0 Å². The fourth-order valence-electron chi connectivity index (χ4n) is 3.62. The number of amides is 2. The molecule has 1 aliphatic rings. The van der Waals surface area contributed by atoms with E-state index in [0.29, 0.717) is 18.1 Å².